The highest BCUT2D eigenvalue weighted by Crippen LogP contribution is 2.40. The van der Waals surface area contributed by atoms with Crippen LogP contribution in [0.25, 0.3) is 11.1 Å². The molecule has 0 unspecified atom stereocenters. The Morgan fingerprint density at radius 1 is 0.733 bits per heavy atom. The van der Waals surface area contributed by atoms with E-state index in [4.69, 9.17) is 0 Å². The van der Waals surface area contributed by atoms with Crippen molar-refractivity contribution in [3.63, 3.8) is 0 Å². The summed E-state index contributed by atoms with van der Waals surface area (Å²) >= 11 is 0. The molecule has 0 aromatic heterocycles. The predicted molar refractivity (Wildman–Crippen MR) is 132 cm³/mol. The lowest BCUT2D eigenvalue weighted by Crippen LogP contribution is -2.36. The highest BCUT2D eigenvalue weighted by atomic mass is 28.3. The number of hydrogen-bond donors (Lipinski definition) is 0. The first kappa shape index (κ1) is 22.0. The van der Waals surface area contributed by atoms with Crippen LogP contribution in [0.2, 0.25) is 30.2 Å². The molecule has 2 saturated heterocycles. The van der Waals surface area contributed by atoms with Gasteiger partial charge in [-0.2, -0.15) is 0 Å². The van der Waals surface area contributed by atoms with Crippen molar-refractivity contribution in [1.82, 2.24) is 0 Å². The van der Waals surface area contributed by atoms with Gasteiger partial charge in [-0.15, -0.1) is 0 Å². The molecule has 2 aromatic rings. The van der Waals surface area contributed by atoms with Crippen LogP contribution in [0.1, 0.15) is 51.9 Å². The third kappa shape index (κ3) is 5.73. The average molecular weight is 437 g/mol. The van der Waals surface area contributed by atoms with Gasteiger partial charge in [0.15, 0.2) is 0 Å². The minimum absolute atomic E-state index is 0.0125. The van der Waals surface area contributed by atoms with Gasteiger partial charge in [-0.25, -0.2) is 4.39 Å². The molecule has 0 saturated carbocycles. The van der Waals surface area contributed by atoms with Crippen LogP contribution in [-0.4, -0.2) is 17.6 Å². The Morgan fingerprint density at radius 2 is 1.27 bits per heavy atom. The monoisotopic (exact) mass is 436 g/mol. The second kappa shape index (κ2) is 10.9. The third-order valence-electron chi connectivity index (χ3n) is 7.64. The van der Waals surface area contributed by atoms with Crippen LogP contribution in [0.5, 0.6) is 0 Å². The quantitative estimate of drug-likeness (QED) is 0.308. The maximum absolute atomic E-state index is 13.2. The maximum atomic E-state index is 13.2. The Labute approximate surface area is 186 Å². The maximum Gasteiger partial charge on any atom is 0.123 e. The molecule has 2 aliphatic heterocycles. The van der Waals surface area contributed by atoms with Crippen LogP contribution in [0.3, 0.4) is 0 Å². The zero-order valence-corrected chi connectivity index (χ0v) is 20.6. The van der Waals surface area contributed by atoms with E-state index in [9.17, 15) is 4.39 Å². The summed E-state index contributed by atoms with van der Waals surface area (Å²) in [4.78, 5) is 0. The van der Waals surface area contributed by atoms with E-state index in [1.807, 2.05) is 12.1 Å². The van der Waals surface area contributed by atoms with Crippen molar-refractivity contribution in [2.24, 2.45) is 11.8 Å². The van der Waals surface area contributed by atoms with Crippen LogP contribution in [0, 0.1) is 17.7 Å². The lowest BCUT2D eigenvalue weighted by molar-refractivity contribution is 0.278. The van der Waals surface area contributed by atoms with E-state index >= 15 is 0 Å². The molecular formula is C27H37FSi2. The Bertz CT molecular complexity index is 754. The Hall–Kier alpha value is -1.20. The van der Waals surface area contributed by atoms with Crippen molar-refractivity contribution in [3.8, 4) is 11.1 Å². The second-order valence-electron chi connectivity index (χ2n) is 9.57. The molecule has 2 aromatic carbocycles. The fraction of sp³-hybridized carbons (Fsp3) is 0.556. The molecule has 3 heteroatoms. The van der Waals surface area contributed by atoms with Crippen LogP contribution in [0.15, 0.2) is 48.5 Å². The number of rotatable bonds is 7. The minimum Gasteiger partial charge on any atom is -0.207 e. The van der Waals surface area contributed by atoms with Crippen molar-refractivity contribution in [2.75, 3.05) is 0 Å². The lowest BCUT2D eigenvalue weighted by atomic mass is 9.83. The van der Waals surface area contributed by atoms with E-state index in [1.54, 1.807) is 48.3 Å². The molecule has 160 valence electrons. The molecule has 2 heterocycles. The summed E-state index contributed by atoms with van der Waals surface area (Å²) < 4.78 is 13.2. The highest BCUT2D eigenvalue weighted by Gasteiger charge is 2.32. The molecule has 0 bridgehead atoms. The lowest BCUT2D eigenvalue weighted by Gasteiger charge is -2.37. The zero-order valence-electron chi connectivity index (χ0n) is 18.6. The molecule has 4 rings (SSSR count). The molecular weight excluding hydrogens is 399 g/mol. The highest BCUT2D eigenvalue weighted by molar-refractivity contribution is 6.73. The fourth-order valence-corrected chi connectivity index (χ4v) is 11.6. The first-order valence-corrected chi connectivity index (χ1v) is 16.3. The molecule has 30 heavy (non-hydrogen) atoms. The van der Waals surface area contributed by atoms with Gasteiger partial charge in [0.05, 0.1) is 8.80 Å². The van der Waals surface area contributed by atoms with E-state index in [1.165, 1.54) is 49.8 Å². The SMILES string of the molecule is CCCCC[Si]1CCC(C2CC[Si](c3ccc(-c4ccc(F)cc4)cc3)CC2)CC1. The Morgan fingerprint density at radius 3 is 1.83 bits per heavy atom. The van der Waals surface area contributed by atoms with Crippen molar-refractivity contribution in [3.05, 3.63) is 54.3 Å². The van der Waals surface area contributed by atoms with E-state index in [0.29, 0.717) is 0 Å². The standard InChI is InChI=1S/C27H37FSi2/c1-2-3-4-17-29-18-13-24(14-19-29)25-15-20-30(21-16-25)27-11-7-23(8-12-27)22-5-9-26(28)10-6-22/h5-12,24-25H,2-4,13-21H2,1H3. The summed E-state index contributed by atoms with van der Waals surface area (Å²) in [6, 6.07) is 23.8. The topological polar surface area (TPSA) is 0 Å². The van der Waals surface area contributed by atoms with Gasteiger partial charge in [0.25, 0.3) is 0 Å². The Kier molecular flexibility index (Phi) is 8.00. The second-order valence-corrected chi connectivity index (χ2v) is 15.4. The number of hydrogen-bond acceptors (Lipinski definition) is 0. The Balaban J connectivity index is 1.24. The van der Waals surface area contributed by atoms with E-state index in [0.717, 1.165) is 17.4 Å². The van der Waals surface area contributed by atoms with Crippen molar-refractivity contribution < 1.29 is 4.39 Å². The largest absolute Gasteiger partial charge is 0.207 e. The van der Waals surface area contributed by atoms with Crippen molar-refractivity contribution in [1.29, 1.82) is 0 Å². The van der Waals surface area contributed by atoms with Crippen LogP contribution in [-0.2, 0) is 0 Å². The molecule has 2 aliphatic rings. The van der Waals surface area contributed by atoms with E-state index in [-0.39, 0.29) is 23.4 Å². The van der Waals surface area contributed by atoms with Gasteiger partial charge in [0.1, 0.15) is 5.82 Å². The summed E-state index contributed by atoms with van der Waals surface area (Å²) in [6.45, 7) is 2.33. The molecule has 0 atom stereocenters. The minimum atomic E-state index is -0.379. The first-order valence-electron chi connectivity index (χ1n) is 12.3. The predicted octanol–water partition coefficient (Wildman–Crippen LogP) is 7.70. The first-order chi connectivity index (χ1) is 14.7. The average Bonchev–Trinajstić information content (AvgIpc) is 2.81. The van der Waals surface area contributed by atoms with Gasteiger partial charge >= 0.3 is 0 Å². The normalized spacial score (nSPS) is 19.9. The summed E-state index contributed by atoms with van der Waals surface area (Å²) in [5.74, 6) is 1.91. The number of unbranched alkanes of at least 4 members (excludes halogenated alkanes) is 2. The van der Waals surface area contributed by atoms with Gasteiger partial charge in [-0.3, -0.25) is 0 Å². The molecule has 0 N–H and O–H groups in total. The van der Waals surface area contributed by atoms with Gasteiger partial charge in [0.2, 0.25) is 0 Å². The zero-order chi connectivity index (χ0) is 20.8. The molecule has 2 fully saturated rings. The van der Waals surface area contributed by atoms with E-state index in [2.05, 4.69) is 31.2 Å². The van der Waals surface area contributed by atoms with Crippen LogP contribution >= 0.6 is 0 Å². The van der Waals surface area contributed by atoms with Crippen LogP contribution < -0.4 is 5.19 Å². The third-order valence-corrected chi connectivity index (χ3v) is 13.6. The van der Waals surface area contributed by atoms with Crippen molar-refractivity contribution in [2.45, 2.75) is 82.1 Å². The summed E-state index contributed by atoms with van der Waals surface area (Å²) in [6.07, 6.45) is 10.4. The fourth-order valence-electron chi connectivity index (χ4n) is 5.68. The summed E-state index contributed by atoms with van der Waals surface area (Å²) in [5.41, 5.74) is 2.31. The molecule has 0 amide bonds. The molecule has 0 spiro atoms. The smallest absolute Gasteiger partial charge is 0.123 e. The van der Waals surface area contributed by atoms with Gasteiger partial charge in [-0.1, -0.05) is 124 Å². The number of benzene rings is 2. The van der Waals surface area contributed by atoms with Gasteiger partial charge < -0.3 is 0 Å². The van der Waals surface area contributed by atoms with Gasteiger partial charge in [-0.05, 0) is 35.1 Å². The summed E-state index contributed by atoms with van der Waals surface area (Å²) in [7, 11) is -0.367. The molecule has 0 aliphatic carbocycles. The van der Waals surface area contributed by atoms with Crippen molar-refractivity contribution >= 4 is 22.8 Å². The summed E-state index contributed by atoms with van der Waals surface area (Å²) in [5, 5.41) is 1.61. The van der Waals surface area contributed by atoms with Crippen LogP contribution in [0.4, 0.5) is 4.39 Å². The molecule has 2 radical (unpaired) electrons. The molecule has 0 nitrogen and oxygen atoms in total. The van der Waals surface area contributed by atoms with E-state index < -0.39 is 0 Å². The number of halogens is 1. The van der Waals surface area contributed by atoms with Gasteiger partial charge in [0, 0.05) is 8.80 Å².